The Morgan fingerprint density at radius 2 is 1.74 bits per heavy atom. The summed E-state index contributed by atoms with van der Waals surface area (Å²) in [5.41, 5.74) is 4.39. The van der Waals surface area contributed by atoms with E-state index in [1.54, 1.807) is 55.2 Å². The Morgan fingerprint density at radius 1 is 0.974 bits per heavy atom. The quantitative estimate of drug-likeness (QED) is 0.297. The topological polar surface area (TPSA) is 97.0 Å². The molecule has 9 heteroatoms. The van der Waals surface area contributed by atoms with Crippen LogP contribution < -0.4 is 15.0 Å². The summed E-state index contributed by atoms with van der Waals surface area (Å²) in [6, 6.07) is 19.9. The molecule has 0 unspecified atom stereocenters. The number of ether oxygens (including phenoxy) is 3. The van der Waals surface area contributed by atoms with Crippen molar-refractivity contribution in [1.29, 1.82) is 0 Å². The molecule has 0 saturated heterocycles. The molecular weight excluding hydrogens is 484 g/mol. The largest absolute Gasteiger partial charge is 0.497 e. The van der Waals surface area contributed by atoms with Crippen LogP contribution in [0.3, 0.4) is 0 Å². The molecule has 5 aromatic rings. The second-order valence-corrected chi connectivity index (χ2v) is 8.66. The van der Waals surface area contributed by atoms with E-state index in [0.717, 1.165) is 17.1 Å². The monoisotopic (exact) mass is 510 g/mol. The second-order valence-electron chi connectivity index (χ2n) is 8.66. The van der Waals surface area contributed by atoms with Crippen LogP contribution >= 0.6 is 0 Å². The number of hydrogen-bond donors (Lipinski definition) is 0. The number of aromatic nitrogens is 4. The Labute approximate surface area is 218 Å². The molecule has 0 aliphatic rings. The van der Waals surface area contributed by atoms with Crippen molar-refractivity contribution in [2.24, 2.45) is 0 Å². The fraction of sp³-hybridized carbons (Fsp3) is 0.172. The minimum Gasteiger partial charge on any atom is -0.497 e. The lowest BCUT2D eigenvalue weighted by Gasteiger charge is -2.13. The lowest BCUT2D eigenvalue weighted by molar-refractivity contribution is 0.0597. The Balaban J connectivity index is 1.51. The molecule has 38 heavy (non-hydrogen) atoms. The maximum atomic E-state index is 13.6. The summed E-state index contributed by atoms with van der Waals surface area (Å²) in [4.78, 5) is 30.5. The number of benzene rings is 2. The highest BCUT2D eigenvalue weighted by Gasteiger charge is 2.19. The highest BCUT2D eigenvalue weighted by atomic mass is 16.5. The maximum absolute atomic E-state index is 13.6. The summed E-state index contributed by atoms with van der Waals surface area (Å²) < 4.78 is 19.4. The minimum atomic E-state index is -0.443. The molecule has 0 fully saturated rings. The molecule has 0 saturated carbocycles. The van der Waals surface area contributed by atoms with Gasteiger partial charge in [0.2, 0.25) is 0 Å². The molecule has 0 radical (unpaired) electrons. The van der Waals surface area contributed by atoms with Gasteiger partial charge in [0.05, 0.1) is 36.7 Å². The Morgan fingerprint density at radius 3 is 2.47 bits per heavy atom. The third kappa shape index (κ3) is 4.50. The number of methoxy groups -OCH3 is 2. The van der Waals surface area contributed by atoms with Crippen molar-refractivity contribution in [3.05, 3.63) is 106 Å². The van der Waals surface area contributed by atoms with Crippen LogP contribution in [0.15, 0.2) is 77.7 Å². The van der Waals surface area contributed by atoms with Gasteiger partial charge in [-0.2, -0.15) is 5.10 Å². The van der Waals surface area contributed by atoms with E-state index in [-0.39, 0.29) is 12.2 Å². The van der Waals surface area contributed by atoms with Crippen LogP contribution in [0.4, 0.5) is 0 Å². The molecule has 0 N–H and O–H groups in total. The zero-order chi connectivity index (χ0) is 26.8. The number of esters is 1. The van der Waals surface area contributed by atoms with E-state index in [1.807, 2.05) is 43.3 Å². The molecular formula is C29H26N4O5. The molecule has 0 atom stereocenters. The van der Waals surface area contributed by atoms with Gasteiger partial charge in [0.25, 0.3) is 5.56 Å². The number of aryl methyl sites for hydroxylation is 2. The smallest absolute Gasteiger partial charge is 0.338 e. The third-order valence-corrected chi connectivity index (χ3v) is 6.27. The van der Waals surface area contributed by atoms with E-state index >= 15 is 0 Å². The summed E-state index contributed by atoms with van der Waals surface area (Å²) >= 11 is 0. The average molecular weight is 511 g/mol. The third-order valence-electron chi connectivity index (χ3n) is 6.27. The molecule has 3 aromatic heterocycles. The molecule has 5 rings (SSSR count). The molecule has 9 nitrogen and oxygen atoms in total. The highest BCUT2D eigenvalue weighted by molar-refractivity contribution is 5.90. The van der Waals surface area contributed by atoms with Crippen LogP contribution in [0.2, 0.25) is 0 Å². The van der Waals surface area contributed by atoms with E-state index in [4.69, 9.17) is 24.3 Å². The Hall–Kier alpha value is -4.92. The van der Waals surface area contributed by atoms with Crippen molar-refractivity contribution in [3.8, 4) is 28.4 Å². The van der Waals surface area contributed by atoms with Crippen LogP contribution in [0.25, 0.3) is 22.6 Å². The highest BCUT2D eigenvalue weighted by Crippen LogP contribution is 2.25. The number of pyridine rings is 1. The first-order valence-electron chi connectivity index (χ1n) is 11.9. The molecule has 0 bridgehead atoms. The normalized spacial score (nSPS) is 10.9. The second kappa shape index (κ2) is 10.2. The number of rotatable bonds is 7. The average Bonchev–Trinajstić information content (AvgIpc) is 3.32. The molecule has 0 amide bonds. The van der Waals surface area contributed by atoms with E-state index in [1.165, 1.54) is 11.5 Å². The predicted molar refractivity (Wildman–Crippen MR) is 142 cm³/mol. The zero-order valence-electron chi connectivity index (χ0n) is 21.5. The van der Waals surface area contributed by atoms with E-state index < -0.39 is 5.97 Å². The van der Waals surface area contributed by atoms with Gasteiger partial charge >= 0.3 is 5.97 Å². The summed E-state index contributed by atoms with van der Waals surface area (Å²) in [7, 11) is 2.95. The summed E-state index contributed by atoms with van der Waals surface area (Å²) in [6.07, 6.45) is 1.65. The SMILES string of the molecule is COC(=O)c1ccccc1COc1cccn2c(=O)c(-c3cc(C)n(-c4ccc(OC)cc4)n3)c(C)nc12. The molecule has 0 spiro atoms. The molecule has 0 aliphatic heterocycles. The van der Waals surface area contributed by atoms with Gasteiger partial charge in [-0.05, 0) is 62.4 Å². The molecule has 0 aliphatic carbocycles. The van der Waals surface area contributed by atoms with Crippen molar-refractivity contribution in [2.75, 3.05) is 14.2 Å². The van der Waals surface area contributed by atoms with Gasteiger partial charge < -0.3 is 14.2 Å². The molecule has 2 aromatic carbocycles. The number of carbonyl (C=O) groups is 1. The standard InChI is InChI=1S/C29H26N4O5/c1-18-16-24(31-33(18)21-11-13-22(36-3)14-12-21)26-19(2)30-27-25(10-7-15-32(27)28(26)34)38-17-20-8-5-6-9-23(20)29(35)37-4/h5-16H,17H2,1-4H3. The summed E-state index contributed by atoms with van der Waals surface area (Å²) in [6.45, 7) is 3.81. The Bertz CT molecular complexity index is 1700. The summed E-state index contributed by atoms with van der Waals surface area (Å²) in [5.74, 6) is 0.721. The first kappa shape index (κ1) is 24.8. The Kier molecular flexibility index (Phi) is 6.66. The van der Waals surface area contributed by atoms with Gasteiger partial charge in [-0.1, -0.05) is 18.2 Å². The van der Waals surface area contributed by atoms with Gasteiger partial charge in [0, 0.05) is 17.5 Å². The van der Waals surface area contributed by atoms with Crippen LogP contribution in [0, 0.1) is 13.8 Å². The van der Waals surface area contributed by atoms with Gasteiger partial charge in [0.15, 0.2) is 11.4 Å². The van der Waals surface area contributed by atoms with E-state index in [0.29, 0.717) is 39.5 Å². The van der Waals surface area contributed by atoms with Crippen molar-refractivity contribution in [1.82, 2.24) is 19.2 Å². The minimum absolute atomic E-state index is 0.104. The number of carbonyl (C=O) groups excluding carboxylic acids is 1. The zero-order valence-corrected chi connectivity index (χ0v) is 21.5. The van der Waals surface area contributed by atoms with Crippen molar-refractivity contribution < 1.29 is 19.0 Å². The first-order valence-corrected chi connectivity index (χ1v) is 11.9. The predicted octanol–water partition coefficient (Wildman–Crippen LogP) is 4.54. The first-order chi connectivity index (χ1) is 18.4. The van der Waals surface area contributed by atoms with Crippen molar-refractivity contribution >= 4 is 11.6 Å². The number of hydrogen-bond acceptors (Lipinski definition) is 7. The van der Waals surface area contributed by atoms with Gasteiger partial charge in [-0.15, -0.1) is 0 Å². The lowest BCUT2D eigenvalue weighted by atomic mass is 10.1. The maximum Gasteiger partial charge on any atom is 0.338 e. The fourth-order valence-electron chi connectivity index (χ4n) is 4.34. The molecule has 3 heterocycles. The van der Waals surface area contributed by atoms with Crippen LogP contribution in [0.1, 0.15) is 27.3 Å². The van der Waals surface area contributed by atoms with Crippen molar-refractivity contribution in [3.63, 3.8) is 0 Å². The van der Waals surface area contributed by atoms with Crippen LogP contribution in [-0.4, -0.2) is 39.4 Å². The number of nitrogens with zero attached hydrogens (tertiary/aromatic N) is 4. The van der Waals surface area contributed by atoms with Gasteiger partial charge in [0.1, 0.15) is 18.1 Å². The number of fused-ring (bicyclic) bond motifs is 1. The van der Waals surface area contributed by atoms with Gasteiger partial charge in [-0.25, -0.2) is 14.5 Å². The van der Waals surface area contributed by atoms with Crippen LogP contribution in [0.5, 0.6) is 11.5 Å². The molecule has 192 valence electrons. The van der Waals surface area contributed by atoms with Gasteiger partial charge in [-0.3, -0.25) is 9.20 Å². The van der Waals surface area contributed by atoms with Crippen molar-refractivity contribution in [2.45, 2.75) is 20.5 Å². The fourth-order valence-corrected chi connectivity index (χ4v) is 4.34. The van der Waals surface area contributed by atoms with E-state index in [2.05, 4.69) is 0 Å². The summed E-state index contributed by atoms with van der Waals surface area (Å²) in [5, 5.41) is 4.71. The van der Waals surface area contributed by atoms with E-state index in [9.17, 15) is 9.59 Å². The van der Waals surface area contributed by atoms with Crippen LogP contribution in [-0.2, 0) is 11.3 Å². The lowest BCUT2D eigenvalue weighted by Crippen LogP contribution is -2.19.